The van der Waals surface area contributed by atoms with Crippen LogP contribution in [0, 0.1) is 5.92 Å². The third-order valence-corrected chi connectivity index (χ3v) is 3.04. The van der Waals surface area contributed by atoms with Gasteiger partial charge in [-0.15, -0.1) is 0 Å². The van der Waals surface area contributed by atoms with Gasteiger partial charge in [0.05, 0.1) is 5.56 Å². The number of carbonyl (C=O) groups excluding carboxylic acids is 1. The minimum Gasteiger partial charge on any atom is -0.313 e. The van der Waals surface area contributed by atoms with Crippen LogP contribution in [-0.2, 0) is 6.54 Å². The summed E-state index contributed by atoms with van der Waals surface area (Å²) in [4.78, 5) is 37.1. The number of nitrogens with one attached hydrogen (secondary N) is 1. The van der Waals surface area contributed by atoms with Crippen molar-refractivity contribution in [1.82, 2.24) is 9.55 Å². The van der Waals surface area contributed by atoms with Crippen molar-refractivity contribution in [1.29, 1.82) is 0 Å². The van der Waals surface area contributed by atoms with Gasteiger partial charge in [0, 0.05) is 12.7 Å². The molecule has 0 aliphatic rings. The van der Waals surface area contributed by atoms with E-state index in [4.69, 9.17) is 0 Å². The summed E-state index contributed by atoms with van der Waals surface area (Å²) < 4.78 is 1.12. The Balaban J connectivity index is 3.23. The first-order valence-electron chi connectivity index (χ1n) is 5.84. The van der Waals surface area contributed by atoms with Crippen LogP contribution in [0.25, 0.3) is 0 Å². The van der Waals surface area contributed by atoms with Crippen molar-refractivity contribution in [2.24, 2.45) is 5.92 Å². The van der Waals surface area contributed by atoms with Crippen molar-refractivity contribution >= 4 is 5.78 Å². The average molecular weight is 238 g/mol. The number of nitrogens with zero attached hydrogens (tertiary/aromatic N) is 1. The Kier molecular flexibility index (Phi) is 4.43. The lowest BCUT2D eigenvalue weighted by atomic mass is 10.0. The van der Waals surface area contributed by atoms with Crippen LogP contribution in [0.1, 0.15) is 44.0 Å². The highest BCUT2D eigenvalue weighted by atomic mass is 16.2. The first-order valence-corrected chi connectivity index (χ1v) is 5.84. The van der Waals surface area contributed by atoms with Crippen LogP contribution in [0.2, 0.25) is 0 Å². The van der Waals surface area contributed by atoms with E-state index >= 15 is 0 Å². The van der Waals surface area contributed by atoms with Crippen molar-refractivity contribution in [3.05, 3.63) is 32.6 Å². The fraction of sp³-hybridized carbons (Fsp3) is 0.583. The van der Waals surface area contributed by atoms with E-state index in [1.54, 1.807) is 0 Å². The molecule has 0 spiro atoms. The predicted molar refractivity (Wildman–Crippen MR) is 65.4 cm³/mol. The summed E-state index contributed by atoms with van der Waals surface area (Å²) in [6.07, 6.45) is 2.98. The van der Waals surface area contributed by atoms with Crippen LogP contribution in [0.5, 0.6) is 0 Å². The maximum absolute atomic E-state index is 11.9. The Morgan fingerprint density at radius 1 is 1.35 bits per heavy atom. The molecule has 17 heavy (non-hydrogen) atoms. The lowest BCUT2D eigenvalue weighted by Crippen LogP contribution is -2.39. The standard InChI is InChI=1S/C12H18N2O3/c1-4-9(5-2)7-14-11(16)10(8(3)15)6-13-12(14)17/h6,9H,4-5,7H2,1-3H3,(H,13,17). The second-order valence-electron chi connectivity index (χ2n) is 4.16. The molecule has 0 saturated heterocycles. The molecule has 0 bridgehead atoms. The van der Waals surface area contributed by atoms with Gasteiger partial charge >= 0.3 is 5.69 Å². The van der Waals surface area contributed by atoms with Crippen LogP contribution in [0.15, 0.2) is 15.8 Å². The topological polar surface area (TPSA) is 71.9 Å². The molecule has 0 radical (unpaired) electrons. The molecule has 0 aromatic carbocycles. The fourth-order valence-corrected chi connectivity index (χ4v) is 1.73. The van der Waals surface area contributed by atoms with Crippen LogP contribution < -0.4 is 11.2 Å². The number of carbonyl (C=O) groups is 1. The molecular weight excluding hydrogens is 220 g/mol. The summed E-state index contributed by atoms with van der Waals surface area (Å²) in [6.45, 7) is 5.71. The van der Waals surface area contributed by atoms with Crippen LogP contribution in [0.3, 0.4) is 0 Å². The largest absolute Gasteiger partial charge is 0.328 e. The van der Waals surface area contributed by atoms with E-state index in [1.807, 2.05) is 13.8 Å². The molecule has 0 atom stereocenters. The Hall–Kier alpha value is -1.65. The maximum Gasteiger partial charge on any atom is 0.328 e. The van der Waals surface area contributed by atoms with Crippen molar-refractivity contribution in [3.63, 3.8) is 0 Å². The fourth-order valence-electron chi connectivity index (χ4n) is 1.73. The molecule has 1 N–H and O–H groups in total. The number of Topliss-reactive ketones (excluding diaryl/α,β-unsaturated/α-hetero) is 1. The quantitative estimate of drug-likeness (QED) is 0.783. The van der Waals surface area contributed by atoms with Gasteiger partial charge in [-0.25, -0.2) is 4.79 Å². The molecule has 0 aliphatic carbocycles. The van der Waals surface area contributed by atoms with Crippen LogP contribution in [-0.4, -0.2) is 15.3 Å². The monoisotopic (exact) mass is 238 g/mol. The van der Waals surface area contributed by atoms with Gasteiger partial charge in [-0.3, -0.25) is 14.2 Å². The molecule has 5 nitrogen and oxygen atoms in total. The molecule has 1 aromatic heterocycles. The molecule has 0 unspecified atom stereocenters. The molecule has 94 valence electrons. The van der Waals surface area contributed by atoms with E-state index in [2.05, 4.69) is 4.98 Å². The normalized spacial score (nSPS) is 10.8. The van der Waals surface area contributed by atoms with E-state index in [0.717, 1.165) is 17.4 Å². The van der Waals surface area contributed by atoms with Crippen molar-refractivity contribution in [2.75, 3.05) is 0 Å². The number of hydrogen-bond acceptors (Lipinski definition) is 3. The Bertz CT molecular complexity index is 509. The first-order chi connectivity index (χ1) is 8.01. The highest BCUT2D eigenvalue weighted by molar-refractivity contribution is 5.93. The summed E-state index contributed by atoms with van der Waals surface area (Å²) in [7, 11) is 0. The second-order valence-corrected chi connectivity index (χ2v) is 4.16. The Labute approximate surface area is 99.5 Å². The Morgan fingerprint density at radius 2 is 1.94 bits per heavy atom. The number of H-pyrrole nitrogens is 1. The van der Waals surface area contributed by atoms with E-state index in [1.165, 1.54) is 13.1 Å². The summed E-state index contributed by atoms with van der Waals surface area (Å²) in [5.74, 6) is -0.0550. The van der Waals surface area contributed by atoms with Crippen LogP contribution in [0.4, 0.5) is 0 Å². The lowest BCUT2D eigenvalue weighted by Gasteiger charge is -2.13. The van der Waals surface area contributed by atoms with E-state index in [0.29, 0.717) is 6.54 Å². The van der Waals surface area contributed by atoms with Gasteiger partial charge in [-0.05, 0) is 12.8 Å². The third-order valence-electron chi connectivity index (χ3n) is 3.04. The third kappa shape index (κ3) is 2.93. The smallest absolute Gasteiger partial charge is 0.313 e. The summed E-state index contributed by atoms with van der Waals surface area (Å²) in [6, 6.07) is 0. The molecule has 0 aliphatic heterocycles. The average Bonchev–Trinajstić information content (AvgIpc) is 2.29. The SMILES string of the molecule is CCC(CC)Cn1c(=O)[nH]cc(C(C)=O)c1=O. The van der Waals surface area contributed by atoms with Gasteiger partial charge < -0.3 is 4.98 Å². The maximum atomic E-state index is 11.9. The zero-order valence-corrected chi connectivity index (χ0v) is 10.4. The van der Waals surface area contributed by atoms with Gasteiger partial charge in [0.25, 0.3) is 5.56 Å². The van der Waals surface area contributed by atoms with Gasteiger partial charge in [-0.2, -0.15) is 0 Å². The van der Waals surface area contributed by atoms with E-state index < -0.39 is 11.2 Å². The summed E-state index contributed by atoms with van der Waals surface area (Å²) >= 11 is 0. The molecule has 1 rings (SSSR count). The minimum atomic E-state index is -0.492. The number of aromatic nitrogens is 2. The lowest BCUT2D eigenvalue weighted by molar-refractivity contribution is 0.101. The molecule has 5 heteroatoms. The highest BCUT2D eigenvalue weighted by Gasteiger charge is 2.13. The number of rotatable bonds is 5. The zero-order valence-electron chi connectivity index (χ0n) is 10.4. The number of aromatic amines is 1. The summed E-state index contributed by atoms with van der Waals surface area (Å²) in [5, 5.41) is 0. The Morgan fingerprint density at radius 3 is 2.41 bits per heavy atom. The van der Waals surface area contributed by atoms with E-state index in [-0.39, 0.29) is 17.3 Å². The molecule has 0 amide bonds. The molecular formula is C12H18N2O3. The van der Waals surface area contributed by atoms with Gasteiger partial charge in [-0.1, -0.05) is 26.7 Å². The van der Waals surface area contributed by atoms with Gasteiger partial charge in [0.2, 0.25) is 0 Å². The summed E-state index contributed by atoms with van der Waals surface area (Å²) in [5.41, 5.74) is -0.907. The molecule has 0 fully saturated rings. The van der Waals surface area contributed by atoms with Gasteiger partial charge in [0.15, 0.2) is 5.78 Å². The van der Waals surface area contributed by atoms with Crippen molar-refractivity contribution < 1.29 is 4.79 Å². The van der Waals surface area contributed by atoms with E-state index in [9.17, 15) is 14.4 Å². The number of ketones is 1. The minimum absolute atomic E-state index is 0.0376. The van der Waals surface area contributed by atoms with Crippen molar-refractivity contribution in [3.8, 4) is 0 Å². The molecule has 1 aromatic rings. The zero-order chi connectivity index (χ0) is 13.0. The second kappa shape index (κ2) is 5.61. The number of hydrogen-bond donors (Lipinski definition) is 1. The highest BCUT2D eigenvalue weighted by Crippen LogP contribution is 2.08. The van der Waals surface area contributed by atoms with Gasteiger partial charge in [0.1, 0.15) is 0 Å². The first kappa shape index (κ1) is 13.4. The van der Waals surface area contributed by atoms with Crippen molar-refractivity contribution in [2.45, 2.75) is 40.2 Å². The van der Waals surface area contributed by atoms with Crippen LogP contribution >= 0.6 is 0 Å². The molecule has 0 saturated carbocycles. The predicted octanol–water partition coefficient (Wildman–Crippen LogP) is 1.18. The molecule has 1 heterocycles.